The van der Waals surface area contributed by atoms with Crippen molar-refractivity contribution in [2.75, 3.05) is 49.5 Å². The third-order valence-electron chi connectivity index (χ3n) is 7.93. The number of imide groups is 1. The molecule has 0 atom stereocenters. The minimum Gasteiger partial charge on any atom is -0.494 e. The zero-order chi connectivity index (χ0) is 31.2. The van der Waals surface area contributed by atoms with Gasteiger partial charge in [0.2, 0.25) is 5.91 Å². The highest BCUT2D eigenvalue weighted by Crippen LogP contribution is 2.38. The molecule has 13 heteroatoms. The first kappa shape index (κ1) is 31.7. The summed E-state index contributed by atoms with van der Waals surface area (Å²) >= 11 is 13.0. The molecular weight excluding hydrogens is 611 g/mol. The molecule has 11 nitrogen and oxygen atoms in total. The molecule has 2 aromatic rings. The normalized spacial score (nSPS) is 17.1. The summed E-state index contributed by atoms with van der Waals surface area (Å²) in [4.78, 5) is 68.6. The smallest absolute Gasteiger partial charge is 0.342 e. The summed E-state index contributed by atoms with van der Waals surface area (Å²) < 4.78 is 5.94. The highest BCUT2D eigenvalue weighted by atomic mass is 35.5. The van der Waals surface area contributed by atoms with Gasteiger partial charge >= 0.3 is 5.97 Å². The van der Waals surface area contributed by atoms with Crippen LogP contribution in [-0.4, -0.2) is 78.8 Å². The number of hydrogen-bond acceptors (Lipinski definition) is 9. The number of carbonyl (C=O) groups excluding carboxylic acids is 5. The average molecular weight is 646 g/mol. The number of amides is 3. The van der Waals surface area contributed by atoms with Crippen molar-refractivity contribution >= 4 is 64.1 Å². The highest BCUT2D eigenvalue weighted by Gasteiger charge is 2.33. The number of hydroxylamine groups is 2. The quantitative estimate of drug-likeness (QED) is 0.220. The summed E-state index contributed by atoms with van der Waals surface area (Å²) in [5.41, 5.74) is 3.32. The summed E-state index contributed by atoms with van der Waals surface area (Å²) in [6, 6.07) is 9.46. The minimum absolute atomic E-state index is 0.0360. The molecule has 0 radical (unpaired) electrons. The van der Waals surface area contributed by atoms with Crippen molar-refractivity contribution in [3.05, 3.63) is 51.5 Å². The average Bonchev–Trinajstić information content (AvgIpc) is 3.31. The number of anilines is 2. The Morgan fingerprint density at radius 3 is 2.34 bits per heavy atom. The first-order valence-corrected chi connectivity index (χ1v) is 15.5. The Bertz CT molecular complexity index is 1440. The van der Waals surface area contributed by atoms with Crippen LogP contribution < -0.4 is 15.0 Å². The van der Waals surface area contributed by atoms with Crippen LogP contribution in [0.5, 0.6) is 5.75 Å². The van der Waals surface area contributed by atoms with Crippen LogP contribution in [-0.2, 0) is 41.7 Å². The van der Waals surface area contributed by atoms with E-state index in [-0.39, 0.29) is 34.4 Å². The van der Waals surface area contributed by atoms with Crippen LogP contribution in [0, 0.1) is 0 Å². The lowest BCUT2D eigenvalue weighted by Crippen LogP contribution is -2.46. The molecule has 2 saturated heterocycles. The number of hydrogen-bond donors (Lipinski definition) is 1. The molecule has 2 aromatic carbocycles. The second-order valence-corrected chi connectivity index (χ2v) is 11.8. The Morgan fingerprint density at radius 2 is 1.59 bits per heavy atom. The van der Waals surface area contributed by atoms with Crippen LogP contribution in [0.1, 0.15) is 49.7 Å². The molecule has 234 valence electrons. The van der Waals surface area contributed by atoms with E-state index >= 15 is 0 Å². The molecule has 0 saturated carbocycles. The van der Waals surface area contributed by atoms with Gasteiger partial charge < -0.3 is 19.8 Å². The third-order valence-corrected chi connectivity index (χ3v) is 8.80. The van der Waals surface area contributed by atoms with Crippen molar-refractivity contribution in [1.29, 1.82) is 0 Å². The van der Waals surface area contributed by atoms with E-state index in [1.54, 1.807) is 12.1 Å². The Kier molecular flexibility index (Phi) is 10.4. The molecule has 1 N–H and O–H groups in total. The lowest BCUT2D eigenvalue weighted by atomic mass is 9.91. The topological polar surface area (TPSA) is 126 Å². The molecule has 2 fully saturated rings. The molecule has 0 aromatic heterocycles. The molecule has 3 amide bonds. The number of rotatable bonds is 11. The molecule has 44 heavy (non-hydrogen) atoms. The molecule has 0 bridgehead atoms. The number of nitrogens with one attached hydrogen (secondary N) is 1. The Hall–Kier alpha value is -3.67. The fourth-order valence-electron chi connectivity index (χ4n) is 5.51. The van der Waals surface area contributed by atoms with Gasteiger partial charge in [-0.1, -0.05) is 29.3 Å². The van der Waals surface area contributed by atoms with Crippen LogP contribution in [0.2, 0.25) is 10.0 Å². The first-order valence-electron chi connectivity index (χ1n) is 14.8. The maximum atomic E-state index is 12.4. The Morgan fingerprint density at radius 1 is 0.841 bits per heavy atom. The highest BCUT2D eigenvalue weighted by molar-refractivity contribution is 6.45. The van der Waals surface area contributed by atoms with Gasteiger partial charge in [0, 0.05) is 51.9 Å². The number of aryl methyl sites for hydroxylation is 1. The van der Waals surface area contributed by atoms with Gasteiger partial charge in [-0.15, -0.1) is 5.06 Å². The molecule has 5 rings (SSSR count). The largest absolute Gasteiger partial charge is 0.494 e. The van der Waals surface area contributed by atoms with E-state index < -0.39 is 30.1 Å². The first-order chi connectivity index (χ1) is 21.2. The zero-order valence-corrected chi connectivity index (χ0v) is 25.8. The van der Waals surface area contributed by atoms with E-state index in [4.69, 9.17) is 32.8 Å². The van der Waals surface area contributed by atoms with Crippen LogP contribution in [0.4, 0.5) is 11.4 Å². The second kappa shape index (κ2) is 14.4. The Balaban J connectivity index is 1.02. The van der Waals surface area contributed by atoms with Crippen molar-refractivity contribution in [2.24, 2.45) is 0 Å². The number of piperazine rings is 1. The van der Waals surface area contributed by atoms with E-state index in [2.05, 4.69) is 21.2 Å². The van der Waals surface area contributed by atoms with Crippen molar-refractivity contribution in [3.63, 3.8) is 0 Å². The van der Waals surface area contributed by atoms with Gasteiger partial charge in [-0.05, 0) is 61.2 Å². The van der Waals surface area contributed by atoms with Gasteiger partial charge in [0.1, 0.15) is 18.0 Å². The van der Waals surface area contributed by atoms with Gasteiger partial charge in [0.05, 0.1) is 28.0 Å². The lowest BCUT2D eigenvalue weighted by molar-refractivity contribution is -0.197. The number of carbonyl (C=O) groups is 5. The summed E-state index contributed by atoms with van der Waals surface area (Å²) in [6.07, 6.45) is 3.10. The summed E-state index contributed by atoms with van der Waals surface area (Å²) in [6.45, 7) is 4.81. The van der Waals surface area contributed by atoms with Gasteiger partial charge in [0.25, 0.3) is 11.8 Å². The van der Waals surface area contributed by atoms with E-state index in [0.29, 0.717) is 24.5 Å². The van der Waals surface area contributed by atoms with Crippen LogP contribution in [0.15, 0.2) is 30.3 Å². The number of ketones is 1. The van der Waals surface area contributed by atoms with Crippen molar-refractivity contribution in [2.45, 2.75) is 51.4 Å². The van der Waals surface area contributed by atoms with E-state index in [9.17, 15) is 24.0 Å². The molecule has 2 heterocycles. The fourth-order valence-corrected chi connectivity index (χ4v) is 6.00. The number of unbranched alkanes of at least 4 members (excludes halogenated alkanes) is 1. The van der Waals surface area contributed by atoms with Crippen molar-refractivity contribution in [3.8, 4) is 5.75 Å². The Labute approximate surface area is 265 Å². The van der Waals surface area contributed by atoms with Crippen LogP contribution in [0.25, 0.3) is 0 Å². The SMILES string of the molecule is O=C1CCc2ccc(OCCCCN3CCN(c4ccc(NC(=O)CC(=O)ON5C(=O)CCC5=O)c(Cl)c4Cl)CC3)cc2C1. The molecular formula is C31H34Cl2N4O7. The van der Waals surface area contributed by atoms with Crippen molar-refractivity contribution < 1.29 is 33.5 Å². The summed E-state index contributed by atoms with van der Waals surface area (Å²) in [7, 11) is 0. The van der Waals surface area contributed by atoms with E-state index in [1.807, 2.05) is 12.1 Å². The van der Waals surface area contributed by atoms with E-state index in [1.165, 1.54) is 5.56 Å². The third kappa shape index (κ3) is 7.88. The predicted molar refractivity (Wildman–Crippen MR) is 164 cm³/mol. The number of fused-ring (bicyclic) bond motifs is 1. The number of Topliss-reactive ketones (excluding diaryl/α,β-unsaturated/α-hetero) is 1. The van der Waals surface area contributed by atoms with Gasteiger partial charge in [-0.25, -0.2) is 4.79 Å². The van der Waals surface area contributed by atoms with Crippen LogP contribution in [0.3, 0.4) is 0 Å². The number of halogens is 2. The number of nitrogens with zero attached hydrogens (tertiary/aromatic N) is 3. The standard InChI is InChI=1S/C31H34Cl2N4O7/c32-30-24(34-26(39)19-29(42)44-37-27(40)9-10-28(37)41)7-8-25(31(30)33)36-14-12-35(13-15-36)11-1-2-16-43-23-6-4-20-3-5-22(38)17-21(20)18-23/h4,6-8,18H,1-3,5,9-17,19H2,(H,34,39). The van der Waals surface area contributed by atoms with E-state index in [0.717, 1.165) is 69.0 Å². The van der Waals surface area contributed by atoms with Crippen LogP contribution >= 0.6 is 23.2 Å². The lowest BCUT2D eigenvalue weighted by Gasteiger charge is -2.36. The maximum absolute atomic E-state index is 12.4. The zero-order valence-electron chi connectivity index (χ0n) is 24.2. The molecule has 0 unspecified atom stereocenters. The predicted octanol–water partition coefficient (Wildman–Crippen LogP) is 3.97. The summed E-state index contributed by atoms with van der Waals surface area (Å²) in [5, 5.41) is 3.36. The van der Waals surface area contributed by atoms with Gasteiger partial charge in [-0.3, -0.25) is 24.1 Å². The monoisotopic (exact) mass is 644 g/mol. The van der Waals surface area contributed by atoms with Gasteiger partial charge in [0.15, 0.2) is 0 Å². The fraction of sp³-hybridized carbons (Fsp3) is 0.452. The number of ether oxygens (including phenoxy) is 1. The molecule has 0 spiro atoms. The summed E-state index contributed by atoms with van der Waals surface area (Å²) in [5.74, 6) is -1.90. The molecule has 1 aliphatic carbocycles. The minimum atomic E-state index is -1.04. The molecule has 3 aliphatic rings. The van der Waals surface area contributed by atoms with Gasteiger partial charge in [-0.2, -0.15) is 0 Å². The second-order valence-electron chi connectivity index (χ2n) is 11.1. The molecule has 2 aliphatic heterocycles. The number of benzene rings is 2. The van der Waals surface area contributed by atoms with Crippen molar-refractivity contribution in [1.82, 2.24) is 9.96 Å². The maximum Gasteiger partial charge on any atom is 0.342 e.